The van der Waals surface area contributed by atoms with Crippen molar-refractivity contribution in [2.75, 3.05) is 19.6 Å². The number of rotatable bonds is 6. The number of carboxylic acid groups (broad SMARTS) is 1. The molecule has 18 heavy (non-hydrogen) atoms. The zero-order valence-corrected chi connectivity index (χ0v) is 10.6. The molecule has 6 heteroatoms. The van der Waals surface area contributed by atoms with Gasteiger partial charge < -0.3 is 15.3 Å². The van der Waals surface area contributed by atoms with Crippen LogP contribution in [0, 0.1) is 5.92 Å². The molecule has 2 N–H and O–H groups in total. The average Bonchev–Trinajstić information content (AvgIpc) is 2.74. The van der Waals surface area contributed by atoms with Crippen molar-refractivity contribution < 1.29 is 19.5 Å². The smallest absolute Gasteiger partial charge is 0.303 e. The quantitative estimate of drug-likeness (QED) is 0.712. The van der Waals surface area contributed by atoms with E-state index < -0.39 is 5.97 Å². The minimum Gasteiger partial charge on any atom is -0.481 e. The Bertz CT molecular complexity index is 330. The van der Waals surface area contributed by atoms with Gasteiger partial charge >= 0.3 is 5.97 Å². The van der Waals surface area contributed by atoms with Crippen molar-refractivity contribution in [3.8, 4) is 0 Å². The molecule has 0 aromatic carbocycles. The summed E-state index contributed by atoms with van der Waals surface area (Å²) < 4.78 is 0. The van der Waals surface area contributed by atoms with Crippen molar-refractivity contribution in [2.45, 2.75) is 32.6 Å². The van der Waals surface area contributed by atoms with Gasteiger partial charge in [0.2, 0.25) is 11.8 Å². The molecule has 2 amide bonds. The molecule has 0 bridgehead atoms. The molecule has 0 radical (unpaired) electrons. The van der Waals surface area contributed by atoms with Crippen molar-refractivity contribution in [1.82, 2.24) is 10.2 Å². The standard InChI is InChI=1S/C12H20N2O4/c1-9(15)13-6-4-11(16)14-7-5-10(8-14)2-3-12(17)18/h10H,2-8H2,1H3,(H,13,15)(H,17,18). The van der Waals surface area contributed by atoms with Crippen molar-refractivity contribution in [2.24, 2.45) is 5.92 Å². The normalized spacial score (nSPS) is 18.7. The number of carbonyl (C=O) groups excluding carboxylic acids is 2. The highest BCUT2D eigenvalue weighted by atomic mass is 16.4. The van der Waals surface area contributed by atoms with Gasteiger partial charge in [0.05, 0.1) is 0 Å². The second-order valence-corrected chi connectivity index (χ2v) is 4.66. The maximum Gasteiger partial charge on any atom is 0.303 e. The molecule has 0 aromatic rings. The summed E-state index contributed by atoms with van der Waals surface area (Å²) in [5.41, 5.74) is 0. The Kier molecular flexibility index (Phi) is 5.61. The highest BCUT2D eigenvalue weighted by molar-refractivity contribution is 5.78. The minimum absolute atomic E-state index is 0.0292. The molecule has 1 heterocycles. The van der Waals surface area contributed by atoms with Crippen LogP contribution in [-0.4, -0.2) is 47.4 Å². The summed E-state index contributed by atoms with van der Waals surface area (Å²) in [6, 6.07) is 0. The summed E-state index contributed by atoms with van der Waals surface area (Å²) in [6.45, 7) is 3.13. The van der Waals surface area contributed by atoms with Crippen LogP contribution in [0.2, 0.25) is 0 Å². The van der Waals surface area contributed by atoms with Crippen molar-refractivity contribution >= 4 is 17.8 Å². The van der Waals surface area contributed by atoms with E-state index >= 15 is 0 Å². The number of hydrogen-bond donors (Lipinski definition) is 2. The maximum absolute atomic E-state index is 11.8. The van der Waals surface area contributed by atoms with Gasteiger partial charge in [-0.2, -0.15) is 0 Å². The first-order chi connectivity index (χ1) is 8.49. The van der Waals surface area contributed by atoms with E-state index in [1.54, 1.807) is 4.90 Å². The molecule has 1 atom stereocenters. The lowest BCUT2D eigenvalue weighted by atomic mass is 10.0. The minimum atomic E-state index is -0.787. The number of nitrogens with one attached hydrogen (secondary N) is 1. The monoisotopic (exact) mass is 256 g/mol. The Morgan fingerprint density at radius 2 is 2.06 bits per heavy atom. The van der Waals surface area contributed by atoms with Crippen LogP contribution in [0.1, 0.15) is 32.6 Å². The second-order valence-electron chi connectivity index (χ2n) is 4.66. The van der Waals surface area contributed by atoms with E-state index in [1.807, 2.05) is 0 Å². The predicted octanol–water partition coefficient (Wildman–Crippen LogP) is 0.226. The molecule has 0 aliphatic carbocycles. The lowest BCUT2D eigenvalue weighted by Gasteiger charge is -2.16. The Morgan fingerprint density at radius 1 is 1.33 bits per heavy atom. The highest BCUT2D eigenvalue weighted by Gasteiger charge is 2.25. The van der Waals surface area contributed by atoms with Crippen LogP contribution in [0.3, 0.4) is 0 Å². The summed E-state index contributed by atoms with van der Waals surface area (Å²) in [4.78, 5) is 34.6. The molecular weight excluding hydrogens is 236 g/mol. The molecule has 0 saturated carbocycles. The highest BCUT2D eigenvalue weighted by Crippen LogP contribution is 2.21. The van der Waals surface area contributed by atoms with Crippen LogP contribution in [-0.2, 0) is 14.4 Å². The SMILES string of the molecule is CC(=O)NCCC(=O)N1CCC(CCC(=O)O)C1. The fraction of sp³-hybridized carbons (Fsp3) is 0.750. The molecule has 0 aromatic heterocycles. The van der Waals surface area contributed by atoms with Crippen molar-refractivity contribution in [1.29, 1.82) is 0 Å². The van der Waals surface area contributed by atoms with Gasteiger partial charge in [-0.15, -0.1) is 0 Å². The number of nitrogens with zero attached hydrogens (tertiary/aromatic N) is 1. The van der Waals surface area contributed by atoms with E-state index in [-0.39, 0.29) is 18.2 Å². The molecule has 1 aliphatic heterocycles. The van der Waals surface area contributed by atoms with Crippen LogP contribution in [0.4, 0.5) is 0 Å². The number of hydrogen-bond acceptors (Lipinski definition) is 3. The number of likely N-dealkylation sites (tertiary alicyclic amines) is 1. The van der Waals surface area contributed by atoms with Gasteiger partial charge in [-0.25, -0.2) is 0 Å². The first-order valence-electron chi connectivity index (χ1n) is 6.23. The van der Waals surface area contributed by atoms with Crippen LogP contribution < -0.4 is 5.32 Å². The molecule has 1 fully saturated rings. The topological polar surface area (TPSA) is 86.7 Å². The van der Waals surface area contributed by atoms with Gasteiger partial charge in [0.15, 0.2) is 0 Å². The van der Waals surface area contributed by atoms with Crippen LogP contribution >= 0.6 is 0 Å². The van der Waals surface area contributed by atoms with Gasteiger partial charge in [0.25, 0.3) is 0 Å². The second kappa shape index (κ2) is 6.98. The average molecular weight is 256 g/mol. The Balaban J connectivity index is 2.21. The number of carboxylic acids is 1. The Labute approximate surface area is 106 Å². The lowest BCUT2D eigenvalue weighted by molar-refractivity contribution is -0.137. The Hall–Kier alpha value is -1.59. The van der Waals surface area contributed by atoms with E-state index in [9.17, 15) is 14.4 Å². The van der Waals surface area contributed by atoms with Gasteiger partial charge in [-0.1, -0.05) is 0 Å². The first kappa shape index (κ1) is 14.5. The van der Waals surface area contributed by atoms with Crippen molar-refractivity contribution in [3.63, 3.8) is 0 Å². The zero-order chi connectivity index (χ0) is 13.5. The molecule has 6 nitrogen and oxygen atoms in total. The van der Waals surface area contributed by atoms with Gasteiger partial charge in [0.1, 0.15) is 0 Å². The van der Waals surface area contributed by atoms with Crippen LogP contribution in [0.25, 0.3) is 0 Å². The van der Waals surface area contributed by atoms with E-state index in [0.29, 0.717) is 38.4 Å². The number of carbonyl (C=O) groups is 3. The van der Waals surface area contributed by atoms with E-state index in [4.69, 9.17) is 5.11 Å². The molecule has 1 saturated heterocycles. The first-order valence-corrected chi connectivity index (χ1v) is 6.23. The molecular formula is C12H20N2O4. The summed E-state index contributed by atoms with van der Waals surface area (Å²) in [5, 5.41) is 11.2. The van der Waals surface area contributed by atoms with Crippen LogP contribution in [0.15, 0.2) is 0 Å². The summed E-state index contributed by atoms with van der Waals surface area (Å²) in [5.74, 6) is -0.596. The van der Waals surface area contributed by atoms with Crippen molar-refractivity contribution in [3.05, 3.63) is 0 Å². The fourth-order valence-corrected chi connectivity index (χ4v) is 2.13. The lowest BCUT2D eigenvalue weighted by Crippen LogP contribution is -2.32. The van der Waals surface area contributed by atoms with E-state index in [2.05, 4.69) is 5.32 Å². The third kappa shape index (κ3) is 5.16. The van der Waals surface area contributed by atoms with Crippen LogP contribution in [0.5, 0.6) is 0 Å². The third-order valence-corrected chi connectivity index (χ3v) is 3.12. The summed E-state index contributed by atoms with van der Waals surface area (Å²) in [6.07, 6.45) is 1.98. The zero-order valence-electron chi connectivity index (χ0n) is 10.6. The van der Waals surface area contributed by atoms with E-state index in [1.165, 1.54) is 6.92 Å². The fourth-order valence-electron chi connectivity index (χ4n) is 2.13. The summed E-state index contributed by atoms with van der Waals surface area (Å²) in [7, 11) is 0. The maximum atomic E-state index is 11.8. The largest absolute Gasteiger partial charge is 0.481 e. The molecule has 102 valence electrons. The predicted molar refractivity (Wildman–Crippen MR) is 64.9 cm³/mol. The molecule has 1 rings (SSSR count). The van der Waals surface area contributed by atoms with E-state index in [0.717, 1.165) is 6.42 Å². The Morgan fingerprint density at radius 3 is 2.67 bits per heavy atom. The van der Waals surface area contributed by atoms with Gasteiger partial charge in [-0.3, -0.25) is 14.4 Å². The van der Waals surface area contributed by atoms with Gasteiger partial charge in [0, 0.05) is 39.4 Å². The molecule has 1 unspecified atom stereocenters. The number of amides is 2. The molecule has 0 spiro atoms. The molecule has 1 aliphatic rings. The van der Waals surface area contributed by atoms with Gasteiger partial charge in [-0.05, 0) is 18.8 Å². The summed E-state index contributed by atoms with van der Waals surface area (Å²) >= 11 is 0. The number of aliphatic carboxylic acids is 1. The third-order valence-electron chi connectivity index (χ3n) is 3.12.